The van der Waals surface area contributed by atoms with Crippen molar-refractivity contribution < 1.29 is 0 Å². The molecule has 0 bridgehead atoms. The summed E-state index contributed by atoms with van der Waals surface area (Å²) in [7, 11) is 0. The van der Waals surface area contributed by atoms with E-state index in [4.69, 9.17) is 4.98 Å². The third kappa shape index (κ3) is 2.85. The van der Waals surface area contributed by atoms with Gasteiger partial charge in [0.1, 0.15) is 5.82 Å². The minimum Gasteiger partial charge on any atom is -0.296 e. The summed E-state index contributed by atoms with van der Waals surface area (Å²) in [6.07, 6.45) is 4.75. The van der Waals surface area contributed by atoms with E-state index in [-0.39, 0.29) is 0 Å². The average Bonchev–Trinajstić information content (AvgIpc) is 2.86. The van der Waals surface area contributed by atoms with Gasteiger partial charge >= 0.3 is 0 Å². The average molecular weight is 280 g/mol. The minimum absolute atomic E-state index is 0.414. The van der Waals surface area contributed by atoms with Gasteiger partial charge in [-0.2, -0.15) is 0 Å². The van der Waals surface area contributed by atoms with Crippen molar-refractivity contribution in [3.05, 3.63) is 60.7 Å². The Kier molecular flexibility index (Phi) is 4.79. The molecule has 0 aliphatic carbocycles. The van der Waals surface area contributed by atoms with Gasteiger partial charge in [0.25, 0.3) is 0 Å². The van der Waals surface area contributed by atoms with Gasteiger partial charge in [-0.05, 0) is 36.6 Å². The van der Waals surface area contributed by atoms with Gasteiger partial charge < -0.3 is 0 Å². The molecular formula is C19H24N2. The molecule has 1 atom stereocenters. The number of hydrogen-bond acceptors (Lipinski definition) is 1. The second kappa shape index (κ2) is 6.57. The SMILES string of the molecule is C=Cc1nc(C(CC)C(C)C)n(-c2ccccc2)c1C=C. The van der Waals surface area contributed by atoms with Gasteiger partial charge in [-0.3, -0.25) is 4.57 Å². The summed E-state index contributed by atoms with van der Waals surface area (Å²) < 4.78 is 2.22. The van der Waals surface area contributed by atoms with Crippen LogP contribution in [0.2, 0.25) is 0 Å². The van der Waals surface area contributed by atoms with Crippen LogP contribution >= 0.6 is 0 Å². The Morgan fingerprint density at radius 1 is 1.14 bits per heavy atom. The van der Waals surface area contributed by atoms with Gasteiger partial charge in [0.05, 0.1) is 11.4 Å². The molecule has 21 heavy (non-hydrogen) atoms. The van der Waals surface area contributed by atoms with Crippen molar-refractivity contribution in [2.24, 2.45) is 5.92 Å². The van der Waals surface area contributed by atoms with Crippen LogP contribution in [0.25, 0.3) is 17.8 Å². The second-order valence-electron chi connectivity index (χ2n) is 5.58. The number of imidazole rings is 1. The molecular weight excluding hydrogens is 256 g/mol. The van der Waals surface area contributed by atoms with E-state index in [9.17, 15) is 0 Å². The first-order valence-corrected chi connectivity index (χ1v) is 7.56. The van der Waals surface area contributed by atoms with Crippen LogP contribution in [0, 0.1) is 5.92 Å². The first-order chi connectivity index (χ1) is 10.1. The smallest absolute Gasteiger partial charge is 0.117 e. The molecule has 0 saturated carbocycles. The molecule has 110 valence electrons. The van der Waals surface area contributed by atoms with Gasteiger partial charge in [0.2, 0.25) is 0 Å². The Hall–Kier alpha value is -2.09. The molecule has 2 aromatic rings. The van der Waals surface area contributed by atoms with E-state index < -0.39 is 0 Å². The molecule has 0 aliphatic heterocycles. The summed E-state index contributed by atoms with van der Waals surface area (Å²) in [4.78, 5) is 4.84. The molecule has 0 amide bonds. The third-order valence-corrected chi connectivity index (χ3v) is 3.94. The predicted octanol–water partition coefficient (Wildman–Crippen LogP) is 5.31. The fraction of sp³-hybridized carbons (Fsp3) is 0.316. The lowest BCUT2D eigenvalue weighted by Crippen LogP contribution is -2.13. The molecule has 0 fully saturated rings. The lowest BCUT2D eigenvalue weighted by molar-refractivity contribution is 0.458. The summed E-state index contributed by atoms with van der Waals surface area (Å²) in [5, 5.41) is 0. The standard InChI is InChI=1S/C19H24N2/c1-6-16(14(4)5)19-20-17(7-2)18(8-3)21(19)15-12-10-9-11-13-15/h7-14,16H,2-3,6H2,1,4-5H3. The lowest BCUT2D eigenvalue weighted by Gasteiger charge is -2.21. The van der Waals surface area contributed by atoms with Crippen molar-refractivity contribution in [2.45, 2.75) is 33.1 Å². The highest BCUT2D eigenvalue weighted by molar-refractivity contribution is 5.61. The van der Waals surface area contributed by atoms with Gasteiger partial charge in [0, 0.05) is 11.6 Å². The van der Waals surface area contributed by atoms with E-state index in [1.807, 2.05) is 18.2 Å². The number of para-hydroxylation sites is 1. The molecule has 0 aliphatic rings. The molecule has 0 saturated heterocycles. The van der Waals surface area contributed by atoms with Gasteiger partial charge in [-0.25, -0.2) is 4.98 Å². The molecule has 0 N–H and O–H groups in total. The van der Waals surface area contributed by atoms with E-state index in [0.717, 1.165) is 29.3 Å². The molecule has 0 spiro atoms. The van der Waals surface area contributed by atoms with Crippen LogP contribution in [0.3, 0.4) is 0 Å². The highest BCUT2D eigenvalue weighted by atomic mass is 15.1. The first-order valence-electron chi connectivity index (χ1n) is 7.56. The van der Waals surface area contributed by atoms with Crippen LogP contribution in [0.15, 0.2) is 43.5 Å². The van der Waals surface area contributed by atoms with E-state index in [1.165, 1.54) is 0 Å². The molecule has 1 unspecified atom stereocenters. The Labute approximate surface area is 127 Å². The number of benzene rings is 1. The molecule has 1 aromatic carbocycles. The van der Waals surface area contributed by atoms with Gasteiger partial charge in [-0.1, -0.05) is 52.1 Å². The van der Waals surface area contributed by atoms with Crippen LogP contribution in [0.4, 0.5) is 0 Å². The zero-order valence-electron chi connectivity index (χ0n) is 13.2. The number of aromatic nitrogens is 2. The Morgan fingerprint density at radius 3 is 2.29 bits per heavy atom. The second-order valence-corrected chi connectivity index (χ2v) is 5.58. The zero-order valence-corrected chi connectivity index (χ0v) is 13.2. The Bertz CT molecular complexity index is 621. The topological polar surface area (TPSA) is 17.8 Å². The van der Waals surface area contributed by atoms with Crippen LogP contribution in [-0.4, -0.2) is 9.55 Å². The monoisotopic (exact) mass is 280 g/mol. The summed E-state index contributed by atoms with van der Waals surface area (Å²) in [6, 6.07) is 10.4. The summed E-state index contributed by atoms with van der Waals surface area (Å²) in [5.41, 5.74) is 3.05. The molecule has 2 heteroatoms. The number of hydrogen-bond donors (Lipinski definition) is 0. The van der Waals surface area contributed by atoms with Gasteiger partial charge in [-0.15, -0.1) is 0 Å². The lowest BCUT2D eigenvalue weighted by atomic mass is 9.92. The summed E-state index contributed by atoms with van der Waals surface area (Å²) >= 11 is 0. The minimum atomic E-state index is 0.414. The van der Waals surface area contributed by atoms with Crippen molar-refractivity contribution in [1.29, 1.82) is 0 Å². The maximum absolute atomic E-state index is 4.84. The van der Waals surface area contributed by atoms with Crippen molar-refractivity contribution in [1.82, 2.24) is 9.55 Å². The Balaban J connectivity index is 2.73. The van der Waals surface area contributed by atoms with E-state index >= 15 is 0 Å². The van der Waals surface area contributed by atoms with Gasteiger partial charge in [0.15, 0.2) is 0 Å². The van der Waals surface area contributed by atoms with Crippen molar-refractivity contribution in [3.8, 4) is 5.69 Å². The largest absolute Gasteiger partial charge is 0.296 e. The van der Waals surface area contributed by atoms with E-state index in [2.05, 4.69) is 62.8 Å². The summed E-state index contributed by atoms with van der Waals surface area (Å²) in [5.74, 6) is 2.05. The summed E-state index contributed by atoms with van der Waals surface area (Å²) in [6.45, 7) is 14.6. The molecule has 1 heterocycles. The predicted molar refractivity (Wildman–Crippen MR) is 91.6 cm³/mol. The molecule has 1 aromatic heterocycles. The maximum atomic E-state index is 4.84. The molecule has 0 radical (unpaired) electrons. The zero-order chi connectivity index (χ0) is 15.4. The Morgan fingerprint density at radius 2 is 1.81 bits per heavy atom. The van der Waals surface area contributed by atoms with Crippen LogP contribution in [0.5, 0.6) is 0 Å². The third-order valence-electron chi connectivity index (χ3n) is 3.94. The van der Waals surface area contributed by atoms with Crippen LogP contribution in [-0.2, 0) is 0 Å². The maximum Gasteiger partial charge on any atom is 0.117 e. The van der Waals surface area contributed by atoms with Crippen molar-refractivity contribution in [3.63, 3.8) is 0 Å². The fourth-order valence-corrected chi connectivity index (χ4v) is 2.86. The van der Waals surface area contributed by atoms with E-state index in [0.29, 0.717) is 11.8 Å². The van der Waals surface area contributed by atoms with Crippen molar-refractivity contribution >= 4 is 12.2 Å². The van der Waals surface area contributed by atoms with E-state index in [1.54, 1.807) is 0 Å². The highest BCUT2D eigenvalue weighted by Crippen LogP contribution is 2.32. The number of nitrogens with zero attached hydrogens (tertiary/aromatic N) is 2. The fourth-order valence-electron chi connectivity index (χ4n) is 2.86. The van der Waals surface area contributed by atoms with Crippen LogP contribution in [0.1, 0.15) is 50.3 Å². The quantitative estimate of drug-likeness (QED) is 0.701. The number of rotatable bonds is 6. The van der Waals surface area contributed by atoms with Crippen LogP contribution < -0.4 is 0 Å². The van der Waals surface area contributed by atoms with Crippen molar-refractivity contribution in [2.75, 3.05) is 0 Å². The molecule has 2 rings (SSSR count). The highest BCUT2D eigenvalue weighted by Gasteiger charge is 2.23. The normalized spacial score (nSPS) is 12.4. The first kappa shape index (κ1) is 15.3. The molecule has 2 nitrogen and oxygen atoms in total.